The van der Waals surface area contributed by atoms with E-state index >= 15 is 0 Å². The molecule has 148 valence electrons. The Morgan fingerprint density at radius 3 is 2.93 bits per heavy atom. The SMILES string of the molecule is CN=C(NCC(=O)N1CCc2sccc2C1)N1CCSC2(CCCCC2)C1. The maximum absolute atomic E-state index is 12.7. The molecule has 1 spiro atoms. The van der Waals surface area contributed by atoms with E-state index in [-0.39, 0.29) is 5.91 Å². The lowest BCUT2D eigenvalue weighted by atomic mass is 9.87. The van der Waals surface area contributed by atoms with Crippen molar-refractivity contribution in [3.05, 3.63) is 21.9 Å². The number of fused-ring (bicyclic) bond motifs is 1. The molecule has 4 rings (SSSR count). The summed E-state index contributed by atoms with van der Waals surface area (Å²) in [6.07, 6.45) is 7.71. The van der Waals surface area contributed by atoms with E-state index in [1.165, 1.54) is 42.5 Å². The number of aliphatic imine (C=N–C) groups is 1. The second-order valence-corrected chi connectivity index (χ2v) is 10.4. The fraction of sp³-hybridized carbons (Fsp3) is 0.700. The molecule has 0 aromatic carbocycles. The summed E-state index contributed by atoms with van der Waals surface area (Å²) in [4.78, 5) is 23.0. The molecule has 2 fully saturated rings. The van der Waals surface area contributed by atoms with Crippen LogP contribution in [-0.2, 0) is 17.8 Å². The Labute approximate surface area is 170 Å². The molecule has 0 unspecified atom stereocenters. The number of hydrogen-bond acceptors (Lipinski definition) is 4. The maximum Gasteiger partial charge on any atom is 0.242 e. The number of guanidine groups is 1. The first-order valence-corrected chi connectivity index (χ1v) is 12.0. The van der Waals surface area contributed by atoms with Gasteiger partial charge >= 0.3 is 0 Å². The van der Waals surface area contributed by atoms with Crippen LogP contribution in [0.5, 0.6) is 0 Å². The number of nitrogens with zero attached hydrogens (tertiary/aromatic N) is 3. The number of rotatable bonds is 2. The van der Waals surface area contributed by atoms with Crippen LogP contribution >= 0.6 is 23.1 Å². The number of carbonyl (C=O) groups is 1. The van der Waals surface area contributed by atoms with Gasteiger partial charge in [-0.05, 0) is 36.3 Å². The van der Waals surface area contributed by atoms with Crippen LogP contribution in [0.25, 0.3) is 0 Å². The summed E-state index contributed by atoms with van der Waals surface area (Å²) in [5.41, 5.74) is 1.32. The van der Waals surface area contributed by atoms with Gasteiger partial charge in [0.25, 0.3) is 0 Å². The molecule has 1 saturated heterocycles. The molecule has 0 radical (unpaired) electrons. The predicted molar refractivity (Wildman–Crippen MR) is 115 cm³/mol. The first-order chi connectivity index (χ1) is 13.2. The molecule has 1 aliphatic carbocycles. The third-order valence-corrected chi connectivity index (χ3v) is 8.64. The lowest BCUT2D eigenvalue weighted by molar-refractivity contribution is -0.130. The maximum atomic E-state index is 12.7. The Kier molecular flexibility index (Phi) is 5.97. The number of thiophene rings is 1. The molecule has 1 saturated carbocycles. The van der Waals surface area contributed by atoms with E-state index in [1.807, 2.05) is 23.3 Å². The average molecular weight is 407 g/mol. The molecular weight excluding hydrogens is 376 g/mol. The first kappa shape index (κ1) is 19.1. The Balaban J connectivity index is 1.32. The van der Waals surface area contributed by atoms with Crippen LogP contribution in [0.2, 0.25) is 0 Å². The summed E-state index contributed by atoms with van der Waals surface area (Å²) >= 11 is 3.97. The van der Waals surface area contributed by atoms with Crippen LogP contribution in [0.15, 0.2) is 16.4 Å². The predicted octanol–water partition coefficient (Wildman–Crippen LogP) is 2.96. The minimum atomic E-state index is 0.173. The smallest absolute Gasteiger partial charge is 0.242 e. The van der Waals surface area contributed by atoms with Gasteiger partial charge in [0.2, 0.25) is 5.91 Å². The van der Waals surface area contributed by atoms with Crippen molar-refractivity contribution in [2.24, 2.45) is 4.99 Å². The van der Waals surface area contributed by atoms with E-state index in [2.05, 4.69) is 38.4 Å². The van der Waals surface area contributed by atoms with Gasteiger partial charge in [0, 0.05) is 48.6 Å². The Morgan fingerprint density at radius 1 is 1.26 bits per heavy atom. The van der Waals surface area contributed by atoms with Crippen molar-refractivity contribution in [2.75, 3.05) is 39.0 Å². The van der Waals surface area contributed by atoms with Gasteiger partial charge in [-0.2, -0.15) is 11.8 Å². The molecule has 0 atom stereocenters. The van der Waals surface area contributed by atoms with Gasteiger partial charge in [-0.1, -0.05) is 19.3 Å². The lowest BCUT2D eigenvalue weighted by Crippen LogP contribution is -2.54. The summed E-state index contributed by atoms with van der Waals surface area (Å²) in [5.74, 6) is 2.22. The summed E-state index contributed by atoms with van der Waals surface area (Å²) in [7, 11) is 1.83. The number of amides is 1. The van der Waals surface area contributed by atoms with Crippen LogP contribution in [0, 0.1) is 0 Å². The molecule has 27 heavy (non-hydrogen) atoms. The van der Waals surface area contributed by atoms with E-state index in [0.29, 0.717) is 11.3 Å². The monoisotopic (exact) mass is 406 g/mol. The van der Waals surface area contributed by atoms with Crippen molar-refractivity contribution < 1.29 is 4.79 Å². The van der Waals surface area contributed by atoms with Gasteiger partial charge in [-0.25, -0.2) is 0 Å². The van der Waals surface area contributed by atoms with Crippen LogP contribution in [0.4, 0.5) is 0 Å². The van der Waals surface area contributed by atoms with Gasteiger partial charge in [-0.15, -0.1) is 11.3 Å². The van der Waals surface area contributed by atoms with Crippen molar-refractivity contribution in [3.63, 3.8) is 0 Å². The normalized spacial score (nSPS) is 22.6. The highest BCUT2D eigenvalue weighted by molar-refractivity contribution is 8.00. The van der Waals surface area contributed by atoms with Gasteiger partial charge in [0.15, 0.2) is 5.96 Å². The highest BCUT2D eigenvalue weighted by Gasteiger charge is 2.38. The lowest BCUT2D eigenvalue weighted by Gasteiger charge is -2.45. The Morgan fingerprint density at radius 2 is 2.11 bits per heavy atom. The van der Waals surface area contributed by atoms with Crippen molar-refractivity contribution in [1.82, 2.24) is 15.1 Å². The number of carbonyl (C=O) groups excluding carboxylic acids is 1. The van der Waals surface area contributed by atoms with Gasteiger partial charge in [0.1, 0.15) is 0 Å². The number of hydrogen-bond donors (Lipinski definition) is 1. The first-order valence-electron chi connectivity index (χ1n) is 10.1. The van der Waals surface area contributed by atoms with E-state index in [0.717, 1.165) is 44.3 Å². The summed E-state index contributed by atoms with van der Waals surface area (Å²) in [5, 5.41) is 5.49. The second-order valence-electron chi connectivity index (χ2n) is 7.85. The highest BCUT2D eigenvalue weighted by atomic mass is 32.2. The summed E-state index contributed by atoms with van der Waals surface area (Å²) in [6, 6.07) is 2.15. The Hall–Kier alpha value is -1.21. The fourth-order valence-corrected chi connectivity index (χ4v) is 7.04. The molecular formula is C20H30N4OS2. The third kappa shape index (κ3) is 4.29. The topological polar surface area (TPSA) is 47.9 Å². The van der Waals surface area contributed by atoms with Gasteiger partial charge in [-0.3, -0.25) is 9.79 Å². The zero-order valence-electron chi connectivity index (χ0n) is 16.2. The Bertz CT molecular complexity index is 690. The van der Waals surface area contributed by atoms with Crippen LogP contribution in [-0.4, -0.2) is 65.4 Å². The zero-order chi connectivity index (χ0) is 18.7. The minimum absolute atomic E-state index is 0.173. The molecule has 5 nitrogen and oxygen atoms in total. The number of nitrogens with one attached hydrogen (secondary N) is 1. The van der Waals surface area contributed by atoms with Crippen molar-refractivity contribution in [1.29, 1.82) is 0 Å². The van der Waals surface area contributed by atoms with Crippen LogP contribution in [0.1, 0.15) is 42.5 Å². The van der Waals surface area contributed by atoms with E-state index in [9.17, 15) is 4.79 Å². The molecule has 3 aliphatic rings. The molecule has 3 heterocycles. The van der Waals surface area contributed by atoms with Gasteiger partial charge < -0.3 is 15.1 Å². The molecule has 1 aromatic heterocycles. The average Bonchev–Trinajstić information content (AvgIpc) is 3.17. The molecule has 2 aliphatic heterocycles. The zero-order valence-corrected chi connectivity index (χ0v) is 17.8. The minimum Gasteiger partial charge on any atom is -0.347 e. The van der Waals surface area contributed by atoms with Crippen molar-refractivity contribution >= 4 is 35.0 Å². The van der Waals surface area contributed by atoms with Crippen LogP contribution in [0.3, 0.4) is 0 Å². The van der Waals surface area contributed by atoms with E-state index < -0.39 is 0 Å². The quantitative estimate of drug-likeness (QED) is 0.606. The van der Waals surface area contributed by atoms with Crippen molar-refractivity contribution in [2.45, 2.75) is 49.8 Å². The molecule has 7 heteroatoms. The van der Waals surface area contributed by atoms with Gasteiger partial charge in [0.05, 0.1) is 6.54 Å². The summed E-state index contributed by atoms with van der Waals surface area (Å²) in [6.45, 7) is 4.00. The third-order valence-electron chi connectivity index (χ3n) is 6.08. The standard InChI is InChI=1S/C20H30N4OS2/c1-21-19(24-10-12-27-20(15-24)7-3-2-4-8-20)22-13-18(25)23-9-5-17-16(14-23)6-11-26-17/h6,11H,2-5,7-10,12-15H2,1H3,(H,21,22). The molecule has 1 amide bonds. The summed E-state index contributed by atoms with van der Waals surface area (Å²) < 4.78 is 0.403. The largest absolute Gasteiger partial charge is 0.347 e. The van der Waals surface area contributed by atoms with E-state index in [4.69, 9.17) is 0 Å². The number of thioether (sulfide) groups is 1. The molecule has 1 N–H and O–H groups in total. The van der Waals surface area contributed by atoms with Crippen LogP contribution < -0.4 is 5.32 Å². The second kappa shape index (κ2) is 8.43. The highest BCUT2D eigenvalue weighted by Crippen LogP contribution is 2.42. The molecule has 1 aromatic rings. The fourth-order valence-electron chi connectivity index (χ4n) is 4.58. The van der Waals surface area contributed by atoms with E-state index in [1.54, 1.807) is 0 Å². The molecule has 0 bridgehead atoms. The van der Waals surface area contributed by atoms with Crippen molar-refractivity contribution in [3.8, 4) is 0 Å².